The zero-order valence-corrected chi connectivity index (χ0v) is 11.7. The molecule has 19 heavy (non-hydrogen) atoms. The van der Waals surface area contributed by atoms with E-state index in [4.69, 9.17) is 11.6 Å². The van der Waals surface area contributed by atoms with E-state index in [1.165, 1.54) is 6.07 Å². The predicted octanol–water partition coefficient (Wildman–Crippen LogP) is 4.23. The van der Waals surface area contributed by atoms with Crippen LogP contribution in [0.25, 0.3) is 0 Å². The molecule has 0 spiro atoms. The lowest BCUT2D eigenvalue weighted by Gasteiger charge is -2.16. The summed E-state index contributed by atoms with van der Waals surface area (Å²) in [5.74, 6) is -0.176. The fourth-order valence-corrected chi connectivity index (χ4v) is 2.12. The van der Waals surface area contributed by atoms with Crippen molar-refractivity contribution < 1.29 is 4.39 Å². The van der Waals surface area contributed by atoms with Crippen LogP contribution in [0.4, 0.5) is 10.1 Å². The molecule has 0 bridgehead atoms. The average molecular weight is 279 g/mol. The molecule has 100 valence electrons. The van der Waals surface area contributed by atoms with Crippen LogP contribution in [-0.4, -0.2) is 11.0 Å². The van der Waals surface area contributed by atoms with Gasteiger partial charge in [0.1, 0.15) is 5.82 Å². The lowest BCUT2D eigenvalue weighted by Crippen LogP contribution is -2.19. The molecule has 2 nitrogen and oxygen atoms in total. The summed E-state index contributed by atoms with van der Waals surface area (Å²) in [6.07, 6.45) is 2.31. The van der Waals surface area contributed by atoms with Crippen LogP contribution >= 0.6 is 11.6 Å². The summed E-state index contributed by atoms with van der Waals surface area (Å²) < 4.78 is 13.6. The highest BCUT2D eigenvalue weighted by Gasteiger charge is 2.09. The Morgan fingerprint density at radius 1 is 1.37 bits per heavy atom. The monoisotopic (exact) mass is 278 g/mol. The minimum Gasteiger partial charge on any atom is -0.380 e. The van der Waals surface area contributed by atoms with Crippen LogP contribution in [0.3, 0.4) is 0 Å². The van der Waals surface area contributed by atoms with E-state index in [2.05, 4.69) is 10.3 Å². The van der Waals surface area contributed by atoms with Crippen molar-refractivity contribution in [3.05, 3.63) is 58.6 Å². The molecule has 2 rings (SSSR count). The van der Waals surface area contributed by atoms with Crippen LogP contribution in [0.1, 0.15) is 18.1 Å². The van der Waals surface area contributed by atoms with Crippen molar-refractivity contribution in [2.75, 3.05) is 5.32 Å². The molecule has 0 aliphatic rings. The number of anilines is 1. The van der Waals surface area contributed by atoms with Crippen molar-refractivity contribution in [2.24, 2.45) is 0 Å². The minimum absolute atomic E-state index is 0.0676. The van der Waals surface area contributed by atoms with E-state index < -0.39 is 0 Å². The molecule has 0 radical (unpaired) electrons. The smallest absolute Gasteiger partial charge is 0.152 e. The molecule has 0 aliphatic carbocycles. The molecule has 0 saturated heterocycles. The van der Waals surface area contributed by atoms with Crippen molar-refractivity contribution in [2.45, 2.75) is 26.3 Å². The van der Waals surface area contributed by atoms with E-state index in [0.717, 1.165) is 11.3 Å². The Labute approximate surface area is 117 Å². The van der Waals surface area contributed by atoms with E-state index in [1.807, 2.05) is 26.0 Å². The van der Waals surface area contributed by atoms with E-state index >= 15 is 0 Å². The normalized spacial score (nSPS) is 12.2. The summed E-state index contributed by atoms with van der Waals surface area (Å²) in [6, 6.07) is 8.81. The fraction of sp³-hybridized carbons (Fsp3) is 0.267. The number of rotatable bonds is 4. The molecule has 2 aromatic rings. The second-order valence-electron chi connectivity index (χ2n) is 4.69. The number of aryl methyl sites for hydroxylation is 1. The van der Waals surface area contributed by atoms with Gasteiger partial charge in [-0.05, 0) is 43.5 Å². The van der Waals surface area contributed by atoms with Gasteiger partial charge in [0.15, 0.2) is 5.15 Å². The zero-order chi connectivity index (χ0) is 13.8. The van der Waals surface area contributed by atoms with Gasteiger partial charge in [0.05, 0.1) is 5.69 Å². The summed E-state index contributed by atoms with van der Waals surface area (Å²) in [5, 5.41) is 3.70. The summed E-state index contributed by atoms with van der Waals surface area (Å²) in [7, 11) is 0. The van der Waals surface area contributed by atoms with Gasteiger partial charge in [0.25, 0.3) is 0 Å². The number of nitrogens with zero attached hydrogens (tertiary/aromatic N) is 1. The average Bonchev–Trinajstić information content (AvgIpc) is 2.37. The standard InChI is InChI=1S/C15H16ClFN2/c1-10-7-14(15(16)18-9-10)19-11(2)8-12-5-3-4-6-13(12)17/h3-7,9,11,19H,8H2,1-2H3. The first-order chi connectivity index (χ1) is 9.06. The topological polar surface area (TPSA) is 24.9 Å². The first-order valence-electron chi connectivity index (χ1n) is 6.18. The second-order valence-corrected chi connectivity index (χ2v) is 5.05. The van der Waals surface area contributed by atoms with Crippen molar-refractivity contribution in [1.29, 1.82) is 0 Å². The number of hydrogen-bond donors (Lipinski definition) is 1. The Morgan fingerprint density at radius 2 is 2.11 bits per heavy atom. The summed E-state index contributed by atoms with van der Waals surface area (Å²) in [5.41, 5.74) is 2.51. The van der Waals surface area contributed by atoms with Crippen LogP contribution in [0.15, 0.2) is 36.5 Å². The number of hydrogen-bond acceptors (Lipinski definition) is 2. The van der Waals surface area contributed by atoms with Gasteiger partial charge in [-0.1, -0.05) is 29.8 Å². The molecule has 1 aromatic carbocycles. The highest BCUT2D eigenvalue weighted by atomic mass is 35.5. The number of pyridine rings is 1. The Morgan fingerprint density at radius 3 is 2.84 bits per heavy atom. The Balaban J connectivity index is 2.07. The molecule has 0 aliphatic heterocycles. The van der Waals surface area contributed by atoms with Crippen molar-refractivity contribution >= 4 is 17.3 Å². The van der Waals surface area contributed by atoms with E-state index in [1.54, 1.807) is 18.3 Å². The van der Waals surface area contributed by atoms with Gasteiger partial charge in [-0.25, -0.2) is 9.37 Å². The molecule has 1 atom stereocenters. The van der Waals surface area contributed by atoms with E-state index in [-0.39, 0.29) is 11.9 Å². The molecule has 0 amide bonds. The quantitative estimate of drug-likeness (QED) is 0.847. The van der Waals surface area contributed by atoms with Crippen LogP contribution in [0.5, 0.6) is 0 Å². The van der Waals surface area contributed by atoms with Crippen LogP contribution < -0.4 is 5.32 Å². The summed E-state index contributed by atoms with van der Waals surface area (Å²) in [4.78, 5) is 4.09. The zero-order valence-electron chi connectivity index (χ0n) is 11.0. The molecular formula is C15H16ClFN2. The Bertz CT molecular complexity index is 572. The van der Waals surface area contributed by atoms with Gasteiger partial charge in [-0.2, -0.15) is 0 Å². The van der Waals surface area contributed by atoms with Crippen molar-refractivity contribution in [3.63, 3.8) is 0 Å². The molecule has 0 fully saturated rings. The van der Waals surface area contributed by atoms with Gasteiger partial charge in [-0.15, -0.1) is 0 Å². The van der Waals surface area contributed by atoms with Gasteiger partial charge in [0, 0.05) is 12.2 Å². The second kappa shape index (κ2) is 6.02. The molecule has 1 heterocycles. The predicted molar refractivity (Wildman–Crippen MR) is 77.2 cm³/mol. The van der Waals surface area contributed by atoms with Crippen molar-refractivity contribution in [3.8, 4) is 0 Å². The van der Waals surface area contributed by atoms with Gasteiger partial charge < -0.3 is 5.32 Å². The maximum absolute atomic E-state index is 13.6. The van der Waals surface area contributed by atoms with E-state index in [9.17, 15) is 4.39 Å². The lowest BCUT2D eigenvalue weighted by atomic mass is 10.1. The molecule has 1 aromatic heterocycles. The third-order valence-corrected chi connectivity index (χ3v) is 3.16. The summed E-state index contributed by atoms with van der Waals surface area (Å²) >= 11 is 6.03. The SMILES string of the molecule is Cc1cnc(Cl)c(NC(C)Cc2ccccc2F)c1. The molecule has 4 heteroatoms. The number of aromatic nitrogens is 1. The third-order valence-electron chi connectivity index (χ3n) is 2.86. The Kier molecular flexibility index (Phi) is 4.38. The minimum atomic E-state index is -0.176. The molecule has 1 N–H and O–H groups in total. The largest absolute Gasteiger partial charge is 0.380 e. The first-order valence-corrected chi connectivity index (χ1v) is 6.56. The van der Waals surface area contributed by atoms with Crippen molar-refractivity contribution in [1.82, 2.24) is 4.98 Å². The molecule has 0 saturated carbocycles. The highest BCUT2D eigenvalue weighted by Crippen LogP contribution is 2.21. The van der Waals surface area contributed by atoms with Crippen LogP contribution in [-0.2, 0) is 6.42 Å². The molecular weight excluding hydrogens is 263 g/mol. The highest BCUT2D eigenvalue weighted by molar-refractivity contribution is 6.31. The van der Waals surface area contributed by atoms with E-state index in [0.29, 0.717) is 17.1 Å². The van der Waals surface area contributed by atoms with Crippen LogP contribution in [0.2, 0.25) is 5.15 Å². The van der Waals surface area contributed by atoms with Gasteiger partial charge in [-0.3, -0.25) is 0 Å². The first kappa shape index (κ1) is 13.8. The lowest BCUT2D eigenvalue weighted by molar-refractivity contribution is 0.601. The maximum atomic E-state index is 13.6. The Hall–Kier alpha value is -1.61. The maximum Gasteiger partial charge on any atom is 0.152 e. The fourth-order valence-electron chi connectivity index (χ4n) is 1.96. The number of nitrogens with one attached hydrogen (secondary N) is 1. The van der Waals surface area contributed by atoms with Crippen LogP contribution in [0, 0.1) is 12.7 Å². The van der Waals surface area contributed by atoms with Gasteiger partial charge in [0.2, 0.25) is 0 Å². The third kappa shape index (κ3) is 3.67. The number of halogens is 2. The molecule has 1 unspecified atom stereocenters. The number of benzene rings is 1. The summed E-state index contributed by atoms with van der Waals surface area (Å²) in [6.45, 7) is 3.95. The van der Waals surface area contributed by atoms with Gasteiger partial charge >= 0.3 is 0 Å².